The number of rotatable bonds is 1. The van der Waals surface area contributed by atoms with Crippen LogP contribution in [-0.2, 0) is 0 Å². The van der Waals surface area contributed by atoms with Gasteiger partial charge in [-0.15, -0.1) is 0 Å². The van der Waals surface area contributed by atoms with Crippen LogP contribution in [0.2, 0.25) is 0 Å². The average molecular weight is 188 g/mol. The molecule has 0 amide bonds. The van der Waals surface area contributed by atoms with Crippen molar-refractivity contribution in [2.75, 3.05) is 0 Å². The Kier molecular flexibility index (Phi) is 2.06. The van der Waals surface area contributed by atoms with Gasteiger partial charge in [0.1, 0.15) is 5.69 Å². The summed E-state index contributed by atoms with van der Waals surface area (Å²) < 4.78 is 0. The van der Waals surface area contributed by atoms with Gasteiger partial charge in [0.2, 0.25) is 0 Å². The minimum atomic E-state index is -0.182. The van der Waals surface area contributed by atoms with Gasteiger partial charge in [0, 0.05) is 24.2 Å². The highest BCUT2D eigenvalue weighted by atomic mass is 16.1. The molecule has 5 heteroatoms. The van der Waals surface area contributed by atoms with Gasteiger partial charge in [0.15, 0.2) is 5.82 Å². The lowest BCUT2D eigenvalue weighted by atomic mass is 10.4. The monoisotopic (exact) mass is 188 g/mol. The number of aryl methyl sites for hydroxylation is 1. The summed E-state index contributed by atoms with van der Waals surface area (Å²) in [5, 5.41) is 0. The lowest BCUT2D eigenvalue weighted by Gasteiger charge is -1.98. The van der Waals surface area contributed by atoms with E-state index in [0.717, 1.165) is 0 Å². The predicted octanol–water partition coefficient (Wildman–Crippen LogP) is 0.535. The molecular formula is C9H8N4O. The number of aromatic amines is 1. The third-order valence-electron chi connectivity index (χ3n) is 1.68. The van der Waals surface area contributed by atoms with Gasteiger partial charge < -0.3 is 4.98 Å². The molecule has 2 aromatic heterocycles. The van der Waals surface area contributed by atoms with Gasteiger partial charge in [-0.2, -0.15) is 0 Å². The molecule has 0 aliphatic rings. The van der Waals surface area contributed by atoms with E-state index in [1.807, 2.05) is 0 Å². The van der Waals surface area contributed by atoms with Crippen molar-refractivity contribution in [1.29, 1.82) is 0 Å². The highest BCUT2D eigenvalue weighted by molar-refractivity contribution is 5.46. The molecule has 2 heterocycles. The molecule has 0 atom stereocenters. The van der Waals surface area contributed by atoms with Gasteiger partial charge in [-0.05, 0) is 6.92 Å². The molecule has 2 rings (SSSR count). The highest BCUT2D eigenvalue weighted by Crippen LogP contribution is 2.06. The van der Waals surface area contributed by atoms with E-state index in [1.54, 1.807) is 25.5 Å². The third kappa shape index (κ3) is 1.66. The standard InChI is InChI=1S/C9H8N4O/c1-6-4-8(14)13-9(12-6)7-5-10-2-3-11-7/h2-5H,1H3,(H,12,13,14). The van der Waals surface area contributed by atoms with E-state index >= 15 is 0 Å². The van der Waals surface area contributed by atoms with E-state index in [-0.39, 0.29) is 5.56 Å². The molecule has 0 saturated heterocycles. The van der Waals surface area contributed by atoms with Crippen LogP contribution in [0.3, 0.4) is 0 Å². The fourth-order valence-corrected chi connectivity index (χ4v) is 1.12. The Morgan fingerprint density at radius 2 is 2.21 bits per heavy atom. The quantitative estimate of drug-likeness (QED) is 0.708. The molecule has 0 radical (unpaired) electrons. The topological polar surface area (TPSA) is 71.5 Å². The van der Waals surface area contributed by atoms with Crippen LogP contribution in [-0.4, -0.2) is 19.9 Å². The van der Waals surface area contributed by atoms with Crippen LogP contribution in [0.15, 0.2) is 29.5 Å². The zero-order valence-corrected chi connectivity index (χ0v) is 7.56. The smallest absolute Gasteiger partial charge is 0.251 e. The summed E-state index contributed by atoms with van der Waals surface area (Å²) in [4.78, 5) is 25.8. The normalized spacial score (nSPS) is 10.1. The van der Waals surface area contributed by atoms with Crippen molar-refractivity contribution < 1.29 is 0 Å². The minimum Gasteiger partial charge on any atom is -0.305 e. The number of nitrogens with one attached hydrogen (secondary N) is 1. The van der Waals surface area contributed by atoms with Crippen LogP contribution in [0.1, 0.15) is 5.69 Å². The summed E-state index contributed by atoms with van der Waals surface area (Å²) in [5.74, 6) is 0.447. The molecule has 0 fully saturated rings. The molecule has 0 aromatic carbocycles. The lowest BCUT2D eigenvalue weighted by molar-refractivity contribution is 1.05. The molecule has 70 valence electrons. The minimum absolute atomic E-state index is 0.182. The van der Waals surface area contributed by atoms with Crippen LogP contribution in [0, 0.1) is 6.92 Å². The SMILES string of the molecule is Cc1cc(=O)[nH]c(-c2cnccn2)n1. The van der Waals surface area contributed by atoms with Gasteiger partial charge >= 0.3 is 0 Å². The number of H-pyrrole nitrogens is 1. The first-order valence-electron chi connectivity index (χ1n) is 4.10. The van der Waals surface area contributed by atoms with Crippen molar-refractivity contribution in [2.45, 2.75) is 6.92 Å². The second-order valence-electron chi connectivity index (χ2n) is 2.83. The number of hydrogen-bond acceptors (Lipinski definition) is 4. The van der Waals surface area contributed by atoms with E-state index in [1.165, 1.54) is 6.07 Å². The van der Waals surface area contributed by atoms with Gasteiger partial charge in [-0.3, -0.25) is 9.78 Å². The Hall–Kier alpha value is -2.04. The average Bonchev–Trinajstić information content (AvgIpc) is 2.18. The van der Waals surface area contributed by atoms with Crippen LogP contribution in [0.5, 0.6) is 0 Å². The van der Waals surface area contributed by atoms with E-state index < -0.39 is 0 Å². The van der Waals surface area contributed by atoms with Crippen molar-refractivity contribution >= 4 is 0 Å². The van der Waals surface area contributed by atoms with E-state index in [4.69, 9.17) is 0 Å². The van der Waals surface area contributed by atoms with Crippen molar-refractivity contribution in [3.8, 4) is 11.5 Å². The highest BCUT2D eigenvalue weighted by Gasteiger charge is 2.01. The van der Waals surface area contributed by atoms with E-state index in [2.05, 4.69) is 19.9 Å². The summed E-state index contributed by atoms with van der Waals surface area (Å²) in [7, 11) is 0. The Morgan fingerprint density at radius 1 is 1.36 bits per heavy atom. The molecule has 0 saturated carbocycles. The van der Waals surface area contributed by atoms with Crippen molar-refractivity contribution in [3.05, 3.63) is 40.7 Å². The molecule has 5 nitrogen and oxygen atoms in total. The molecule has 2 aromatic rings. The molecule has 14 heavy (non-hydrogen) atoms. The second-order valence-corrected chi connectivity index (χ2v) is 2.83. The first-order valence-corrected chi connectivity index (χ1v) is 4.10. The maximum Gasteiger partial charge on any atom is 0.251 e. The number of hydrogen-bond donors (Lipinski definition) is 1. The van der Waals surface area contributed by atoms with E-state index in [9.17, 15) is 4.79 Å². The first-order chi connectivity index (χ1) is 6.75. The molecular weight excluding hydrogens is 180 g/mol. The largest absolute Gasteiger partial charge is 0.305 e. The molecule has 0 spiro atoms. The van der Waals surface area contributed by atoms with E-state index in [0.29, 0.717) is 17.2 Å². The zero-order chi connectivity index (χ0) is 9.97. The van der Waals surface area contributed by atoms with Crippen LogP contribution >= 0.6 is 0 Å². The predicted molar refractivity (Wildman–Crippen MR) is 50.6 cm³/mol. The summed E-state index contributed by atoms with van der Waals surface area (Å²) in [6, 6.07) is 1.43. The fraction of sp³-hybridized carbons (Fsp3) is 0.111. The summed E-state index contributed by atoms with van der Waals surface area (Å²) in [6.45, 7) is 1.76. The van der Waals surface area contributed by atoms with Crippen molar-refractivity contribution in [1.82, 2.24) is 19.9 Å². The second kappa shape index (κ2) is 3.37. The zero-order valence-electron chi connectivity index (χ0n) is 7.56. The van der Waals surface area contributed by atoms with Crippen LogP contribution in [0.4, 0.5) is 0 Å². The number of nitrogens with zero attached hydrogens (tertiary/aromatic N) is 3. The van der Waals surface area contributed by atoms with Gasteiger partial charge in [-0.25, -0.2) is 9.97 Å². The molecule has 0 unspecified atom stereocenters. The summed E-state index contributed by atoms with van der Waals surface area (Å²) in [5.41, 5.74) is 1.04. The van der Waals surface area contributed by atoms with Crippen LogP contribution < -0.4 is 5.56 Å². The third-order valence-corrected chi connectivity index (χ3v) is 1.68. The fourth-order valence-electron chi connectivity index (χ4n) is 1.12. The first kappa shape index (κ1) is 8.55. The Labute approximate surface area is 79.9 Å². The Bertz CT molecular complexity index is 492. The van der Waals surface area contributed by atoms with Gasteiger partial charge in [0.05, 0.1) is 6.20 Å². The molecule has 0 bridgehead atoms. The lowest BCUT2D eigenvalue weighted by Crippen LogP contribution is -2.09. The Morgan fingerprint density at radius 3 is 2.86 bits per heavy atom. The molecule has 1 N–H and O–H groups in total. The maximum absolute atomic E-state index is 11.1. The summed E-state index contributed by atoms with van der Waals surface area (Å²) in [6.07, 6.45) is 4.67. The van der Waals surface area contributed by atoms with Crippen molar-refractivity contribution in [2.24, 2.45) is 0 Å². The number of aromatic nitrogens is 4. The maximum atomic E-state index is 11.1. The van der Waals surface area contributed by atoms with Crippen molar-refractivity contribution in [3.63, 3.8) is 0 Å². The van der Waals surface area contributed by atoms with Crippen LogP contribution in [0.25, 0.3) is 11.5 Å². The van der Waals surface area contributed by atoms with Gasteiger partial charge in [-0.1, -0.05) is 0 Å². The Balaban J connectivity index is 2.58. The van der Waals surface area contributed by atoms with Gasteiger partial charge in [0.25, 0.3) is 5.56 Å². The summed E-state index contributed by atoms with van der Waals surface area (Å²) >= 11 is 0. The molecule has 0 aliphatic carbocycles. The molecule has 0 aliphatic heterocycles.